The second-order valence-corrected chi connectivity index (χ2v) is 14.8. The zero-order valence-electron chi connectivity index (χ0n) is 24.4. The van der Waals surface area contributed by atoms with Crippen molar-refractivity contribution in [2.45, 2.75) is 22.9 Å². The zero-order valence-corrected chi connectivity index (χ0v) is 29.1. The number of nitrogens with one attached hydrogen (secondary N) is 2. The lowest BCUT2D eigenvalue weighted by atomic mass is 10.2. The highest BCUT2D eigenvalue weighted by molar-refractivity contribution is 7.90. The Labute approximate surface area is 296 Å². The van der Waals surface area contributed by atoms with Crippen LogP contribution in [0.4, 0.5) is 0 Å². The van der Waals surface area contributed by atoms with Gasteiger partial charge in [0.25, 0.3) is 0 Å². The summed E-state index contributed by atoms with van der Waals surface area (Å²) in [6.45, 7) is -1.98. The summed E-state index contributed by atoms with van der Waals surface area (Å²) in [5, 5.41) is -1.57. The van der Waals surface area contributed by atoms with Crippen molar-refractivity contribution in [2.24, 2.45) is 0 Å². The van der Waals surface area contributed by atoms with Gasteiger partial charge in [0, 0.05) is 13.1 Å². The number of ether oxygens (including phenoxy) is 2. The van der Waals surface area contributed by atoms with Crippen LogP contribution < -0.4 is 9.44 Å². The summed E-state index contributed by atoms with van der Waals surface area (Å²) in [7, 11) is -8.42. The highest BCUT2D eigenvalue weighted by Gasteiger charge is 2.28. The van der Waals surface area contributed by atoms with Gasteiger partial charge in [-0.2, -0.15) is 0 Å². The molecule has 0 aromatic heterocycles. The molecule has 4 rings (SSSR count). The zero-order chi connectivity index (χ0) is 35.1. The van der Waals surface area contributed by atoms with Gasteiger partial charge in [-0.05, 0) is 35.4 Å². The molecule has 0 spiro atoms. The van der Waals surface area contributed by atoms with Crippen LogP contribution in [-0.2, 0) is 47.4 Å². The lowest BCUT2D eigenvalue weighted by molar-refractivity contribution is -0.125. The molecule has 0 saturated carbocycles. The minimum absolute atomic E-state index is 0.0587. The number of ketones is 1. The lowest BCUT2D eigenvalue weighted by Crippen LogP contribution is -2.25. The Bertz CT molecular complexity index is 1920. The fourth-order valence-corrected chi connectivity index (χ4v) is 7.89. The summed E-state index contributed by atoms with van der Waals surface area (Å²) in [6, 6.07) is 21.8. The van der Waals surface area contributed by atoms with Crippen molar-refractivity contribution in [3.05, 3.63) is 127 Å². The van der Waals surface area contributed by atoms with Crippen LogP contribution in [-0.4, -0.2) is 47.8 Å². The summed E-state index contributed by atoms with van der Waals surface area (Å²) in [4.78, 5) is 37.2. The maximum Gasteiger partial charge on any atom is 0.341 e. The number of hydrogen-bond acceptors (Lipinski definition) is 9. The first-order valence-electron chi connectivity index (χ1n) is 13.6. The quantitative estimate of drug-likeness (QED) is 0.150. The van der Waals surface area contributed by atoms with Gasteiger partial charge in [-0.25, -0.2) is 35.9 Å². The van der Waals surface area contributed by atoms with E-state index in [0.29, 0.717) is 11.1 Å². The van der Waals surface area contributed by atoms with Crippen LogP contribution in [0.3, 0.4) is 0 Å². The van der Waals surface area contributed by atoms with Crippen LogP contribution in [0.15, 0.2) is 94.7 Å². The summed E-state index contributed by atoms with van der Waals surface area (Å²) < 4.78 is 66.3. The van der Waals surface area contributed by atoms with E-state index in [4.69, 9.17) is 55.9 Å². The van der Waals surface area contributed by atoms with Crippen LogP contribution >= 0.6 is 46.4 Å². The number of halogens is 4. The number of benzene rings is 4. The second kappa shape index (κ2) is 16.2. The van der Waals surface area contributed by atoms with Gasteiger partial charge in [0.05, 0.1) is 31.2 Å². The second-order valence-electron chi connectivity index (χ2n) is 9.78. The average molecular weight is 774 g/mol. The molecular weight excluding hydrogens is 750 g/mol. The molecule has 0 aliphatic carbocycles. The van der Waals surface area contributed by atoms with Crippen LogP contribution in [0, 0.1) is 0 Å². The molecule has 0 unspecified atom stereocenters. The summed E-state index contributed by atoms with van der Waals surface area (Å²) in [5.41, 5.74) is 0.317. The number of Topliss-reactive ketones (excluding diaryl/α,β-unsaturated/α-hetero) is 1. The Kier molecular flexibility index (Phi) is 12.6. The molecule has 11 nitrogen and oxygen atoms in total. The number of rotatable bonds is 14. The summed E-state index contributed by atoms with van der Waals surface area (Å²) in [5.74, 6) is -3.37. The Morgan fingerprint density at radius 2 is 0.896 bits per heavy atom. The van der Waals surface area contributed by atoms with Gasteiger partial charge in [0.1, 0.15) is 9.79 Å². The van der Waals surface area contributed by atoms with Gasteiger partial charge in [0.2, 0.25) is 25.8 Å². The summed E-state index contributed by atoms with van der Waals surface area (Å²) >= 11 is 24.7. The Morgan fingerprint density at radius 1 is 0.542 bits per heavy atom. The highest BCUT2D eigenvalue weighted by Crippen LogP contribution is 2.33. The molecule has 48 heavy (non-hydrogen) atoms. The molecule has 0 bridgehead atoms. The minimum Gasteiger partial charge on any atom is -0.454 e. The predicted molar refractivity (Wildman–Crippen MR) is 179 cm³/mol. The van der Waals surface area contributed by atoms with Crippen LogP contribution in [0.5, 0.6) is 0 Å². The molecule has 0 radical (unpaired) electrons. The van der Waals surface area contributed by atoms with E-state index in [1.807, 2.05) is 0 Å². The molecule has 17 heteroatoms. The Hall–Kier alpha value is -3.53. The first-order chi connectivity index (χ1) is 22.7. The molecular formula is C31H24Cl4N2O9S2. The Balaban J connectivity index is 1.38. The maximum absolute atomic E-state index is 12.9. The van der Waals surface area contributed by atoms with Gasteiger partial charge in [0.15, 0.2) is 13.2 Å². The third-order valence-electron chi connectivity index (χ3n) is 6.45. The van der Waals surface area contributed by atoms with Gasteiger partial charge >= 0.3 is 11.9 Å². The molecule has 0 heterocycles. The van der Waals surface area contributed by atoms with E-state index in [-0.39, 0.29) is 23.1 Å². The number of sulfonamides is 2. The molecule has 0 aliphatic rings. The average Bonchev–Trinajstić information content (AvgIpc) is 3.05. The molecule has 4 aromatic carbocycles. The van der Waals surface area contributed by atoms with Crippen molar-refractivity contribution in [2.75, 3.05) is 13.2 Å². The van der Waals surface area contributed by atoms with Crippen LogP contribution in [0.1, 0.15) is 31.8 Å². The van der Waals surface area contributed by atoms with Crippen molar-refractivity contribution in [1.82, 2.24) is 9.44 Å². The number of hydrogen-bond donors (Lipinski definition) is 2. The third-order valence-corrected chi connectivity index (χ3v) is 11.0. The van der Waals surface area contributed by atoms with E-state index >= 15 is 0 Å². The third kappa shape index (κ3) is 9.33. The van der Waals surface area contributed by atoms with Crippen molar-refractivity contribution in [3.8, 4) is 0 Å². The first-order valence-corrected chi connectivity index (χ1v) is 18.1. The fraction of sp³-hybridized carbons (Fsp3) is 0.129. The standard InChI is InChI=1S/C31H24Cl4N2O9S2/c32-22-11-13-24(47(41,42)36-15-19-7-3-1-4-8-19)28(34)26(22)30(39)45-17-21(38)18-46-31(40)27-23(33)12-14-25(29(27)35)48(43,44)37-16-20-9-5-2-6-10-20/h1-14,36-37H,15-18H2. The van der Waals surface area contributed by atoms with E-state index in [0.717, 1.165) is 24.3 Å². The molecule has 0 aliphatic heterocycles. The fourth-order valence-electron chi connectivity index (χ4n) is 4.04. The molecule has 0 atom stereocenters. The normalized spacial score (nSPS) is 11.6. The van der Waals surface area contributed by atoms with Crippen molar-refractivity contribution < 1.29 is 40.7 Å². The minimum atomic E-state index is -4.21. The number of carbonyl (C=O) groups is 3. The smallest absolute Gasteiger partial charge is 0.341 e. The van der Waals surface area contributed by atoms with E-state index in [9.17, 15) is 31.2 Å². The molecule has 252 valence electrons. The van der Waals surface area contributed by atoms with Gasteiger partial charge in [-0.3, -0.25) is 4.79 Å². The molecule has 2 N–H and O–H groups in total. The monoisotopic (exact) mass is 772 g/mol. The Morgan fingerprint density at radius 3 is 1.25 bits per heavy atom. The molecule has 0 fully saturated rings. The lowest BCUT2D eigenvalue weighted by Gasteiger charge is -2.13. The van der Waals surface area contributed by atoms with Gasteiger partial charge < -0.3 is 9.47 Å². The molecule has 4 aromatic rings. The highest BCUT2D eigenvalue weighted by atomic mass is 35.5. The van der Waals surface area contributed by atoms with Crippen LogP contribution in [0.25, 0.3) is 0 Å². The van der Waals surface area contributed by atoms with Crippen molar-refractivity contribution >= 4 is 84.2 Å². The van der Waals surface area contributed by atoms with E-state index in [1.165, 1.54) is 0 Å². The topological polar surface area (TPSA) is 162 Å². The van der Waals surface area contributed by atoms with E-state index < -0.39 is 81.9 Å². The van der Waals surface area contributed by atoms with E-state index in [2.05, 4.69) is 9.44 Å². The van der Waals surface area contributed by atoms with Gasteiger partial charge in [-0.1, -0.05) is 107 Å². The first kappa shape index (κ1) is 37.3. The van der Waals surface area contributed by atoms with Crippen LogP contribution in [0.2, 0.25) is 20.1 Å². The molecule has 0 saturated heterocycles. The predicted octanol–water partition coefficient (Wildman–Crippen LogP) is 5.84. The number of esters is 2. The summed E-state index contributed by atoms with van der Waals surface area (Å²) in [6.07, 6.45) is 0. The molecule has 0 amide bonds. The van der Waals surface area contributed by atoms with Crippen molar-refractivity contribution in [3.63, 3.8) is 0 Å². The maximum atomic E-state index is 12.9. The SMILES string of the molecule is O=C(COC(=O)c1c(Cl)ccc(S(=O)(=O)NCc2ccccc2)c1Cl)COC(=O)c1c(Cl)ccc(S(=O)(=O)NCc2ccccc2)c1Cl. The largest absolute Gasteiger partial charge is 0.454 e. The van der Waals surface area contributed by atoms with E-state index in [1.54, 1.807) is 60.7 Å². The number of carbonyl (C=O) groups excluding carboxylic acids is 3. The van der Waals surface area contributed by atoms with Crippen molar-refractivity contribution in [1.29, 1.82) is 0 Å². The van der Waals surface area contributed by atoms with Gasteiger partial charge in [-0.15, -0.1) is 0 Å².